The molecule has 0 aliphatic carbocycles. The molecule has 2 aromatic heterocycles. The number of H-pyrrole nitrogens is 1. The first-order chi connectivity index (χ1) is 14.5. The van der Waals surface area contributed by atoms with Crippen LogP contribution in [0.3, 0.4) is 0 Å². The minimum absolute atomic E-state index is 0.0866. The highest BCUT2D eigenvalue weighted by Crippen LogP contribution is 2.27. The van der Waals surface area contributed by atoms with Gasteiger partial charge in [0.05, 0.1) is 23.5 Å². The van der Waals surface area contributed by atoms with Gasteiger partial charge in [0.15, 0.2) is 0 Å². The fourth-order valence-electron chi connectivity index (χ4n) is 3.52. The molecule has 1 atom stereocenters. The predicted molar refractivity (Wildman–Crippen MR) is 121 cm³/mol. The Hall–Kier alpha value is -3.25. The maximum Gasteiger partial charge on any atom is 0.272 e. The van der Waals surface area contributed by atoms with E-state index in [9.17, 15) is 9.59 Å². The second kappa shape index (κ2) is 8.63. The molecule has 4 rings (SSSR count). The zero-order valence-electron chi connectivity index (χ0n) is 16.9. The van der Waals surface area contributed by atoms with Crippen LogP contribution in [0.4, 0.5) is 0 Å². The minimum Gasteiger partial charge on any atom is -0.344 e. The highest BCUT2D eigenvalue weighted by Gasteiger charge is 2.19. The lowest BCUT2D eigenvalue weighted by molar-refractivity contribution is -0.121. The summed E-state index contributed by atoms with van der Waals surface area (Å²) in [6.07, 6.45) is 0.0866. The van der Waals surface area contributed by atoms with Gasteiger partial charge < -0.3 is 5.32 Å². The van der Waals surface area contributed by atoms with Crippen LogP contribution in [0.15, 0.2) is 70.8 Å². The average Bonchev–Trinajstić information content (AvgIpc) is 3.29. The monoisotopic (exact) mass is 417 g/mol. The van der Waals surface area contributed by atoms with E-state index in [1.54, 1.807) is 23.5 Å². The van der Waals surface area contributed by atoms with Crippen molar-refractivity contribution in [2.24, 2.45) is 0 Å². The highest BCUT2D eigenvalue weighted by atomic mass is 32.1. The number of fused-ring (bicyclic) bond motifs is 1. The number of carbonyl (C=O) groups is 1. The van der Waals surface area contributed by atoms with Gasteiger partial charge in [0.25, 0.3) is 5.56 Å². The van der Waals surface area contributed by atoms with Crippen LogP contribution in [0.5, 0.6) is 0 Å². The van der Waals surface area contributed by atoms with Crippen molar-refractivity contribution in [2.45, 2.75) is 32.2 Å². The minimum atomic E-state index is -0.253. The molecule has 0 aliphatic rings. The second-order valence-electron chi connectivity index (χ2n) is 7.56. The maximum absolute atomic E-state index is 13.0. The number of rotatable bonds is 6. The van der Waals surface area contributed by atoms with E-state index in [0.29, 0.717) is 22.4 Å². The van der Waals surface area contributed by atoms with Gasteiger partial charge in [0, 0.05) is 10.3 Å². The van der Waals surface area contributed by atoms with Gasteiger partial charge in [-0.3, -0.25) is 9.59 Å². The number of carbonyl (C=O) groups excluding carboxylic acids is 1. The van der Waals surface area contributed by atoms with Crippen LogP contribution >= 0.6 is 11.3 Å². The molecule has 0 radical (unpaired) electrons. The number of benzene rings is 2. The quantitative estimate of drug-likeness (QED) is 0.483. The number of thiophene rings is 1. The van der Waals surface area contributed by atoms with Crippen molar-refractivity contribution < 1.29 is 4.79 Å². The van der Waals surface area contributed by atoms with Crippen molar-refractivity contribution in [3.8, 4) is 0 Å². The van der Waals surface area contributed by atoms with Crippen molar-refractivity contribution in [2.75, 3.05) is 0 Å². The molecular formula is C24H23N3O2S. The molecule has 2 aromatic carbocycles. The van der Waals surface area contributed by atoms with Crippen molar-refractivity contribution in [1.82, 2.24) is 15.5 Å². The molecule has 0 fully saturated rings. The van der Waals surface area contributed by atoms with Crippen LogP contribution in [0.1, 0.15) is 47.5 Å². The van der Waals surface area contributed by atoms with Crippen LogP contribution in [-0.2, 0) is 11.2 Å². The van der Waals surface area contributed by atoms with Crippen molar-refractivity contribution in [1.29, 1.82) is 0 Å². The lowest BCUT2D eigenvalue weighted by Gasteiger charge is -2.19. The van der Waals surface area contributed by atoms with E-state index in [-0.39, 0.29) is 23.9 Å². The molecule has 1 amide bonds. The molecule has 1 unspecified atom stereocenters. The number of hydrogen-bond donors (Lipinski definition) is 2. The third-order valence-corrected chi connectivity index (χ3v) is 6.11. The Kier molecular flexibility index (Phi) is 5.77. The van der Waals surface area contributed by atoms with Crippen molar-refractivity contribution in [3.63, 3.8) is 0 Å². The first-order valence-electron chi connectivity index (χ1n) is 9.92. The van der Waals surface area contributed by atoms with Crippen LogP contribution in [-0.4, -0.2) is 16.1 Å². The lowest BCUT2D eigenvalue weighted by Crippen LogP contribution is -2.30. The molecule has 152 valence electrons. The van der Waals surface area contributed by atoms with Gasteiger partial charge in [-0.05, 0) is 34.6 Å². The zero-order chi connectivity index (χ0) is 21.1. The zero-order valence-corrected chi connectivity index (χ0v) is 17.7. The average molecular weight is 418 g/mol. The summed E-state index contributed by atoms with van der Waals surface area (Å²) < 4.78 is 0. The number of hydrogen-bond acceptors (Lipinski definition) is 4. The van der Waals surface area contributed by atoms with Gasteiger partial charge in [0.2, 0.25) is 5.91 Å². The van der Waals surface area contributed by atoms with E-state index >= 15 is 0 Å². The number of nitrogens with zero attached hydrogens (tertiary/aromatic N) is 1. The number of aromatic amines is 1. The molecule has 0 bridgehead atoms. The van der Waals surface area contributed by atoms with Crippen LogP contribution in [0, 0.1) is 0 Å². The van der Waals surface area contributed by atoms with Gasteiger partial charge in [-0.2, -0.15) is 5.10 Å². The lowest BCUT2D eigenvalue weighted by atomic mass is 9.98. The SMILES string of the molecule is CC(C)c1ccc(C(NC(=O)Cc2n[nH]c(=O)c3ccccc23)c2cccs2)cc1. The molecular weight excluding hydrogens is 394 g/mol. The Morgan fingerprint density at radius 1 is 1.00 bits per heavy atom. The van der Waals surface area contributed by atoms with E-state index in [1.165, 1.54) is 5.56 Å². The second-order valence-corrected chi connectivity index (χ2v) is 8.54. The van der Waals surface area contributed by atoms with Crippen LogP contribution < -0.4 is 10.9 Å². The summed E-state index contributed by atoms with van der Waals surface area (Å²) in [6.45, 7) is 4.32. The van der Waals surface area contributed by atoms with Gasteiger partial charge in [0.1, 0.15) is 0 Å². The number of aromatic nitrogens is 2. The topological polar surface area (TPSA) is 74.8 Å². The molecule has 4 aromatic rings. The predicted octanol–water partition coefficient (Wildman–Crippen LogP) is 4.56. The summed E-state index contributed by atoms with van der Waals surface area (Å²) >= 11 is 1.61. The first kappa shape index (κ1) is 20.0. The van der Waals surface area contributed by atoms with Gasteiger partial charge >= 0.3 is 0 Å². The molecule has 0 aliphatic heterocycles. The fraction of sp³-hybridized carbons (Fsp3) is 0.208. The molecule has 6 heteroatoms. The first-order valence-corrected chi connectivity index (χ1v) is 10.8. The summed E-state index contributed by atoms with van der Waals surface area (Å²) in [4.78, 5) is 26.0. The maximum atomic E-state index is 13.0. The third kappa shape index (κ3) is 4.19. The standard InChI is InChI=1S/C24H23N3O2S/c1-15(2)16-9-11-17(12-10-16)23(21-8-5-13-30-21)25-22(28)14-20-18-6-3-4-7-19(18)24(29)27-26-20/h3-13,15,23H,14H2,1-2H3,(H,25,28)(H,27,29). The fourth-order valence-corrected chi connectivity index (χ4v) is 4.32. The molecule has 0 spiro atoms. The van der Waals surface area contributed by atoms with Crippen molar-refractivity contribution >= 4 is 28.0 Å². The Bertz CT molecular complexity index is 1210. The summed E-state index contributed by atoms with van der Waals surface area (Å²) in [5.41, 5.74) is 2.60. The third-order valence-electron chi connectivity index (χ3n) is 5.17. The molecule has 0 saturated heterocycles. The van der Waals surface area contributed by atoms with E-state index < -0.39 is 0 Å². The largest absolute Gasteiger partial charge is 0.344 e. The van der Waals surface area contributed by atoms with E-state index in [0.717, 1.165) is 10.4 Å². The summed E-state index contributed by atoms with van der Waals surface area (Å²) in [6, 6.07) is 19.4. The Labute approximate surface area is 178 Å². The van der Waals surface area contributed by atoms with Gasteiger partial charge in [-0.15, -0.1) is 11.3 Å². The molecule has 5 nitrogen and oxygen atoms in total. The number of nitrogens with one attached hydrogen (secondary N) is 2. The van der Waals surface area contributed by atoms with Crippen molar-refractivity contribution in [3.05, 3.63) is 98.1 Å². The van der Waals surface area contributed by atoms with Crippen LogP contribution in [0.25, 0.3) is 10.8 Å². The number of amides is 1. The van der Waals surface area contributed by atoms with Gasteiger partial charge in [-0.25, -0.2) is 5.10 Å². The Morgan fingerprint density at radius 2 is 1.70 bits per heavy atom. The smallest absolute Gasteiger partial charge is 0.272 e. The van der Waals surface area contributed by atoms with E-state index in [2.05, 4.69) is 53.6 Å². The van der Waals surface area contributed by atoms with E-state index in [1.807, 2.05) is 29.6 Å². The normalized spacial score (nSPS) is 12.2. The van der Waals surface area contributed by atoms with Gasteiger partial charge in [-0.1, -0.05) is 62.4 Å². The molecule has 30 heavy (non-hydrogen) atoms. The summed E-state index contributed by atoms with van der Waals surface area (Å²) in [7, 11) is 0. The molecule has 0 saturated carbocycles. The highest BCUT2D eigenvalue weighted by molar-refractivity contribution is 7.10. The summed E-state index contributed by atoms with van der Waals surface area (Å²) in [5, 5.41) is 13.0. The Balaban J connectivity index is 1.60. The summed E-state index contributed by atoms with van der Waals surface area (Å²) in [5.74, 6) is 0.305. The molecule has 2 heterocycles. The Morgan fingerprint density at radius 3 is 2.37 bits per heavy atom. The molecule has 2 N–H and O–H groups in total. The van der Waals surface area contributed by atoms with E-state index in [4.69, 9.17) is 0 Å². The van der Waals surface area contributed by atoms with Crippen LogP contribution in [0.2, 0.25) is 0 Å².